The Morgan fingerprint density at radius 3 is 2.85 bits per heavy atom. The van der Waals surface area contributed by atoms with Gasteiger partial charge in [0.25, 0.3) is 0 Å². The first kappa shape index (κ1) is 14.1. The van der Waals surface area contributed by atoms with Gasteiger partial charge in [0.1, 0.15) is 5.75 Å². The van der Waals surface area contributed by atoms with Crippen LogP contribution >= 0.6 is 11.6 Å². The number of nitrogens with zero attached hydrogens (tertiary/aromatic N) is 1. The third-order valence-corrected chi connectivity index (χ3v) is 2.83. The number of nitrogens with one attached hydrogen (secondary N) is 1. The highest BCUT2D eigenvalue weighted by atomic mass is 35.5. The highest BCUT2D eigenvalue weighted by Crippen LogP contribution is 2.20. The molecule has 0 unspecified atom stereocenters. The lowest BCUT2D eigenvalue weighted by molar-refractivity contribution is -0.116. The zero-order chi connectivity index (χ0) is 14.4. The van der Waals surface area contributed by atoms with Crippen LogP contribution in [0, 0.1) is 0 Å². The first-order chi connectivity index (χ1) is 9.66. The van der Waals surface area contributed by atoms with Gasteiger partial charge >= 0.3 is 0 Å². The van der Waals surface area contributed by atoms with E-state index >= 15 is 0 Å². The molecule has 0 aliphatic heterocycles. The smallest absolute Gasteiger partial charge is 0.228 e. The van der Waals surface area contributed by atoms with E-state index in [2.05, 4.69) is 10.3 Å². The van der Waals surface area contributed by atoms with Crippen LogP contribution in [0.2, 0.25) is 5.02 Å². The summed E-state index contributed by atoms with van der Waals surface area (Å²) in [5, 5.41) is 3.02. The molecule has 0 bridgehead atoms. The Labute approximate surface area is 121 Å². The number of pyridine rings is 1. The fraction of sp³-hybridized carbons (Fsp3) is 0.143. The predicted molar refractivity (Wildman–Crippen MR) is 78.8 cm³/mol. The fourth-order valence-electron chi connectivity index (χ4n) is 1.54. The lowest BCUT2D eigenvalue weighted by atomic mass is 10.3. The molecule has 1 aromatic carbocycles. The standard InChI is InChI=1S/C14H14ClN3O2/c15-10-4-3-8-17-14(10)18-13(19)7-9-20-12-6-2-1-5-11(12)16/h1-6,8H,7,9,16H2,(H,17,18,19). The van der Waals surface area contributed by atoms with E-state index in [9.17, 15) is 4.79 Å². The van der Waals surface area contributed by atoms with Gasteiger partial charge in [-0.25, -0.2) is 4.98 Å². The molecule has 0 spiro atoms. The van der Waals surface area contributed by atoms with Crippen molar-refractivity contribution < 1.29 is 9.53 Å². The minimum Gasteiger partial charge on any atom is -0.491 e. The van der Waals surface area contributed by atoms with Crippen molar-refractivity contribution >= 4 is 29.0 Å². The third-order valence-electron chi connectivity index (χ3n) is 2.52. The highest BCUT2D eigenvalue weighted by molar-refractivity contribution is 6.33. The van der Waals surface area contributed by atoms with Crippen LogP contribution in [-0.2, 0) is 4.79 Å². The number of ether oxygens (including phenoxy) is 1. The summed E-state index contributed by atoms with van der Waals surface area (Å²) in [6, 6.07) is 10.5. The molecule has 0 aliphatic carbocycles. The molecule has 0 saturated carbocycles. The molecule has 1 aromatic heterocycles. The van der Waals surface area contributed by atoms with Crippen molar-refractivity contribution in [3.8, 4) is 5.75 Å². The molecule has 1 amide bonds. The largest absolute Gasteiger partial charge is 0.491 e. The Hall–Kier alpha value is -2.27. The van der Waals surface area contributed by atoms with Gasteiger partial charge in [-0.2, -0.15) is 0 Å². The molecule has 0 saturated heterocycles. The predicted octanol–water partition coefficient (Wildman–Crippen LogP) is 2.72. The van der Waals surface area contributed by atoms with Gasteiger partial charge in [0.15, 0.2) is 5.82 Å². The van der Waals surface area contributed by atoms with Crippen LogP contribution in [0.25, 0.3) is 0 Å². The number of nitrogen functional groups attached to an aromatic ring is 1. The average Bonchev–Trinajstić information content (AvgIpc) is 2.43. The van der Waals surface area contributed by atoms with Crippen molar-refractivity contribution in [1.29, 1.82) is 0 Å². The number of para-hydroxylation sites is 2. The Kier molecular flexibility index (Phi) is 4.79. The minimum absolute atomic E-state index is 0.182. The van der Waals surface area contributed by atoms with E-state index in [1.807, 2.05) is 12.1 Å². The highest BCUT2D eigenvalue weighted by Gasteiger charge is 2.07. The first-order valence-corrected chi connectivity index (χ1v) is 6.42. The second-order valence-electron chi connectivity index (χ2n) is 4.02. The molecular weight excluding hydrogens is 278 g/mol. The summed E-state index contributed by atoms with van der Waals surface area (Å²) >= 11 is 5.89. The number of carbonyl (C=O) groups excluding carboxylic acids is 1. The molecular formula is C14H14ClN3O2. The maximum absolute atomic E-state index is 11.7. The Bertz CT molecular complexity index is 604. The third kappa shape index (κ3) is 3.86. The lowest BCUT2D eigenvalue weighted by Crippen LogP contribution is -2.16. The normalized spacial score (nSPS) is 10.1. The van der Waals surface area contributed by atoms with Crippen LogP contribution in [0.15, 0.2) is 42.6 Å². The van der Waals surface area contributed by atoms with Gasteiger partial charge in [-0.05, 0) is 24.3 Å². The van der Waals surface area contributed by atoms with Crippen molar-refractivity contribution in [2.75, 3.05) is 17.7 Å². The van der Waals surface area contributed by atoms with E-state index in [0.29, 0.717) is 22.3 Å². The van der Waals surface area contributed by atoms with Crippen molar-refractivity contribution in [3.63, 3.8) is 0 Å². The Morgan fingerprint density at radius 1 is 1.30 bits per heavy atom. The van der Waals surface area contributed by atoms with E-state index in [0.717, 1.165) is 0 Å². The zero-order valence-corrected chi connectivity index (χ0v) is 11.4. The fourth-order valence-corrected chi connectivity index (χ4v) is 1.71. The number of rotatable bonds is 5. The maximum atomic E-state index is 11.7. The van der Waals surface area contributed by atoms with Crippen LogP contribution in [0.5, 0.6) is 5.75 Å². The van der Waals surface area contributed by atoms with Crippen LogP contribution in [0.3, 0.4) is 0 Å². The number of halogens is 1. The molecule has 20 heavy (non-hydrogen) atoms. The molecule has 0 aliphatic rings. The second kappa shape index (κ2) is 6.77. The minimum atomic E-state index is -0.222. The summed E-state index contributed by atoms with van der Waals surface area (Å²) in [5.41, 5.74) is 6.27. The number of carbonyl (C=O) groups is 1. The van der Waals surface area contributed by atoms with E-state index in [4.69, 9.17) is 22.1 Å². The van der Waals surface area contributed by atoms with Gasteiger partial charge in [-0.15, -0.1) is 0 Å². The van der Waals surface area contributed by atoms with E-state index in [-0.39, 0.29) is 18.9 Å². The summed E-state index contributed by atoms with van der Waals surface area (Å²) < 4.78 is 5.44. The van der Waals surface area contributed by atoms with Gasteiger partial charge in [-0.1, -0.05) is 23.7 Å². The molecule has 0 fully saturated rings. The topological polar surface area (TPSA) is 77.2 Å². The lowest BCUT2D eigenvalue weighted by Gasteiger charge is -2.09. The Morgan fingerprint density at radius 2 is 2.10 bits per heavy atom. The summed E-state index contributed by atoms with van der Waals surface area (Å²) in [4.78, 5) is 15.7. The summed E-state index contributed by atoms with van der Waals surface area (Å²) in [7, 11) is 0. The van der Waals surface area contributed by atoms with Gasteiger partial charge in [0, 0.05) is 6.20 Å². The molecule has 0 radical (unpaired) electrons. The molecule has 1 heterocycles. The van der Waals surface area contributed by atoms with E-state index < -0.39 is 0 Å². The van der Waals surface area contributed by atoms with Crippen LogP contribution < -0.4 is 15.8 Å². The molecule has 104 valence electrons. The summed E-state index contributed by atoms with van der Waals surface area (Å²) in [6.45, 7) is 0.227. The molecule has 3 N–H and O–H groups in total. The molecule has 6 heteroatoms. The number of benzene rings is 1. The van der Waals surface area contributed by atoms with E-state index in [1.165, 1.54) is 0 Å². The quantitative estimate of drug-likeness (QED) is 0.830. The number of nitrogens with two attached hydrogens (primary N) is 1. The van der Waals surface area contributed by atoms with Crippen molar-refractivity contribution in [1.82, 2.24) is 4.98 Å². The second-order valence-corrected chi connectivity index (χ2v) is 4.43. The van der Waals surface area contributed by atoms with Gasteiger partial charge < -0.3 is 15.8 Å². The molecule has 0 atom stereocenters. The Balaban J connectivity index is 1.82. The number of amides is 1. The zero-order valence-electron chi connectivity index (χ0n) is 10.7. The summed E-state index contributed by atoms with van der Waals surface area (Å²) in [5.74, 6) is 0.690. The van der Waals surface area contributed by atoms with Crippen molar-refractivity contribution in [3.05, 3.63) is 47.6 Å². The SMILES string of the molecule is Nc1ccccc1OCCC(=O)Nc1ncccc1Cl. The van der Waals surface area contributed by atoms with Gasteiger partial charge in [-0.3, -0.25) is 4.79 Å². The van der Waals surface area contributed by atoms with Crippen molar-refractivity contribution in [2.45, 2.75) is 6.42 Å². The molecule has 5 nitrogen and oxygen atoms in total. The number of aromatic nitrogens is 1. The molecule has 2 rings (SSSR count). The van der Waals surface area contributed by atoms with Gasteiger partial charge in [0.05, 0.1) is 23.7 Å². The maximum Gasteiger partial charge on any atom is 0.228 e. The monoisotopic (exact) mass is 291 g/mol. The van der Waals surface area contributed by atoms with Crippen molar-refractivity contribution in [2.24, 2.45) is 0 Å². The number of hydrogen-bond acceptors (Lipinski definition) is 4. The number of anilines is 2. The van der Waals surface area contributed by atoms with Crippen LogP contribution in [0.1, 0.15) is 6.42 Å². The average molecular weight is 292 g/mol. The molecule has 2 aromatic rings. The summed E-state index contributed by atoms with van der Waals surface area (Å²) in [6.07, 6.45) is 1.74. The van der Waals surface area contributed by atoms with E-state index in [1.54, 1.807) is 30.5 Å². The first-order valence-electron chi connectivity index (χ1n) is 6.04. The number of hydrogen-bond donors (Lipinski definition) is 2. The van der Waals surface area contributed by atoms with Gasteiger partial charge in [0.2, 0.25) is 5.91 Å². The van der Waals surface area contributed by atoms with Crippen LogP contribution in [0.4, 0.5) is 11.5 Å². The van der Waals surface area contributed by atoms with Crippen LogP contribution in [-0.4, -0.2) is 17.5 Å².